The summed E-state index contributed by atoms with van der Waals surface area (Å²) in [5.74, 6) is -0.904. The molecular weight excluding hydrogens is 222 g/mol. The van der Waals surface area contributed by atoms with Crippen molar-refractivity contribution in [1.82, 2.24) is 0 Å². The number of anilines is 2. The van der Waals surface area contributed by atoms with E-state index in [1.807, 2.05) is 41.6 Å². The summed E-state index contributed by atoms with van der Waals surface area (Å²) < 4.78 is 0. The van der Waals surface area contributed by atoms with Gasteiger partial charge in [-0.1, -0.05) is 12.1 Å². The van der Waals surface area contributed by atoms with Crippen molar-refractivity contribution in [3.63, 3.8) is 0 Å². The Kier molecular flexibility index (Phi) is 2.92. The Balaban J connectivity index is 2.44. The molecule has 2 rings (SSSR count). The van der Waals surface area contributed by atoms with E-state index in [1.54, 1.807) is 23.5 Å². The monoisotopic (exact) mass is 233 g/mol. The van der Waals surface area contributed by atoms with Crippen LogP contribution in [0.5, 0.6) is 0 Å². The van der Waals surface area contributed by atoms with Gasteiger partial charge in [0, 0.05) is 7.05 Å². The van der Waals surface area contributed by atoms with Crippen LogP contribution in [-0.2, 0) is 0 Å². The van der Waals surface area contributed by atoms with Crippen LogP contribution in [0.3, 0.4) is 0 Å². The molecule has 0 unspecified atom stereocenters. The highest BCUT2D eigenvalue weighted by Crippen LogP contribution is 2.30. The maximum atomic E-state index is 11.1. The highest BCUT2D eigenvalue weighted by atomic mass is 32.1. The van der Waals surface area contributed by atoms with Gasteiger partial charge in [0.05, 0.1) is 16.3 Å². The van der Waals surface area contributed by atoms with E-state index in [2.05, 4.69) is 0 Å². The summed E-state index contributed by atoms with van der Waals surface area (Å²) in [5, 5.41) is 12.1. The number of rotatable bonds is 3. The molecule has 0 saturated heterocycles. The first-order valence-corrected chi connectivity index (χ1v) is 5.67. The number of thiophene rings is 1. The van der Waals surface area contributed by atoms with Crippen molar-refractivity contribution in [3.8, 4) is 0 Å². The Hall–Kier alpha value is -1.81. The molecular formula is C12H11NO2S. The van der Waals surface area contributed by atoms with Gasteiger partial charge >= 0.3 is 5.97 Å². The van der Waals surface area contributed by atoms with Crippen LogP contribution >= 0.6 is 11.3 Å². The largest absolute Gasteiger partial charge is 0.478 e. The highest BCUT2D eigenvalue weighted by Gasteiger charge is 2.13. The molecule has 0 aliphatic carbocycles. The van der Waals surface area contributed by atoms with E-state index in [9.17, 15) is 4.79 Å². The van der Waals surface area contributed by atoms with Gasteiger partial charge in [-0.3, -0.25) is 0 Å². The van der Waals surface area contributed by atoms with E-state index in [0.29, 0.717) is 11.3 Å². The number of para-hydroxylation sites is 1. The van der Waals surface area contributed by atoms with Gasteiger partial charge in [0.2, 0.25) is 0 Å². The molecule has 2 aromatic rings. The van der Waals surface area contributed by atoms with Crippen LogP contribution in [0.2, 0.25) is 0 Å². The van der Waals surface area contributed by atoms with Crippen molar-refractivity contribution in [1.29, 1.82) is 0 Å². The van der Waals surface area contributed by atoms with Crippen LogP contribution in [0.1, 0.15) is 10.4 Å². The second-order valence-electron chi connectivity index (χ2n) is 3.33. The van der Waals surface area contributed by atoms with E-state index >= 15 is 0 Å². The summed E-state index contributed by atoms with van der Waals surface area (Å²) in [4.78, 5) is 13.0. The second kappa shape index (κ2) is 4.37. The zero-order valence-electron chi connectivity index (χ0n) is 8.75. The standard InChI is InChI=1S/C12H11NO2S/c1-13(11-7-4-8-16-11)10-6-3-2-5-9(10)12(14)15/h2-8H,1H3,(H,14,15). The maximum absolute atomic E-state index is 11.1. The third-order valence-corrected chi connectivity index (χ3v) is 3.28. The first-order chi connectivity index (χ1) is 7.70. The predicted octanol–water partition coefficient (Wildman–Crippen LogP) is 3.21. The van der Waals surface area contributed by atoms with Gasteiger partial charge in [0.15, 0.2) is 0 Å². The number of carboxylic acid groups (broad SMARTS) is 1. The third kappa shape index (κ3) is 1.92. The summed E-state index contributed by atoms with van der Waals surface area (Å²) in [7, 11) is 1.87. The molecule has 0 fully saturated rings. The van der Waals surface area contributed by atoms with Gasteiger partial charge in [-0.15, -0.1) is 11.3 Å². The third-order valence-electron chi connectivity index (χ3n) is 2.33. The van der Waals surface area contributed by atoms with Gasteiger partial charge in [-0.2, -0.15) is 0 Å². The fraction of sp³-hybridized carbons (Fsp3) is 0.0833. The molecule has 0 aliphatic heterocycles. The molecule has 1 aromatic heterocycles. The predicted molar refractivity (Wildman–Crippen MR) is 65.8 cm³/mol. The molecule has 3 nitrogen and oxygen atoms in total. The molecule has 16 heavy (non-hydrogen) atoms. The highest BCUT2D eigenvalue weighted by molar-refractivity contribution is 7.14. The normalized spacial score (nSPS) is 10.1. The average Bonchev–Trinajstić information content (AvgIpc) is 2.81. The Labute approximate surface area is 97.6 Å². The molecule has 0 bridgehead atoms. The molecule has 0 amide bonds. The number of carbonyl (C=O) groups is 1. The molecule has 0 radical (unpaired) electrons. The topological polar surface area (TPSA) is 40.5 Å². The van der Waals surface area contributed by atoms with Crippen molar-refractivity contribution < 1.29 is 9.90 Å². The van der Waals surface area contributed by atoms with E-state index in [0.717, 1.165) is 5.00 Å². The number of hydrogen-bond donors (Lipinski definition) is 1. The number of aromatic carboxylic acids is 1. The van der Waals surface area contributed by atoms with Crippen molar-refractivity contribution in [2.24, 2.45) is 0 Å². The smallest absolute Gasteiger partial charge is 0.337 e. The second-order valence-corrected chi connectivity index (χ2v) is 4.26. The number of nitrogens with zero attached hydrogens (tertiary/aromatic N) is 1. The number of carboxylic acids is 1. The Morgan fingerprint density at radius 1 is 1.25 bits per heavy atom. The molecule has 1 aromatic carbocycles. The first kappa shape index (κ1) is 10.7. The van der Waals surface area contributed by atoms with Gasteiger partial charge in [-0.05, 0) is 29.6 Å². The lowest BCUT2D eigenvalue weighted by atomic mass is 10.1. The molecule has 82 valence electrons. The number of benzene rings is 1. The van der Waals surface area contributed by atoms with Crippen LogP contribution in [0, 0.1) is 0 Å². The van der Waals surface area contributed by atoms with Crippen molar-refractivity contribution in [2.75, 3.05) is 11.9 Å². The maximum Gasteiger partial charge on any atom is 0.337 e. The molecule has 4 heteroatoms. The van der Waals surface area contributed by atoms with E-state index < -0.39 is 5.97 Å². The molecule has 0 atom stereocenters. The molecule has 0 spiro atoms. The van der Waals surface area contributed by atoms with Crippen molar-refractivity contribution in [3.05, 3.63) is 47.3 Å². The van der Waals surface area contributed by atoms with Crippen molar-refractivity contribution >= 4 is 28.0 Å². The molecule has 0 saturated carbocycles. The zero-order chi connectivity index (χ0) is 11.5. The van der Waals surface area contributed by atoms with Crippen LogP contribution in [0.15, 0.2) is 41.8 Å². The van der Waals surface area contributed by atoms with E-state index in [1.165, 1.54) is 0 Å². The lowest BCUT2D eigenvalue weighted by Gasteiger charge is -2.19. The summed E-state index contributed by atoms with van der Waals surface area (Å²) in [5.41, 5.74) is 1.02. The quantitative estimate of drug-likeness (QED) is 0.884. The Morgan fingerprint density at radius 3 is 2.62 bits per heavy atom. The zero-order valence-corrected chi connectivity index (χ0v) is 9.57. The molecule has 0 aliphatic rings. The summed E-state index contributed by atoms with van der Waals surface area (Å²) >= 11 is 1.58. The average molecular weight is 233 g/mol. The van der Waals surface area contributed by atoms with E-state index in [4.69, 9.17) is 5.11 Å². The lowest BCUT2D eigenvalue weighted by molar-refractivity contribution is 0.0697. The minimum absolute atomic E-state index is 0.318. The summed E-state index contributed by atoms with van der Waals surface area (Å²) in [6.45, 7) is 0. The SMILES string of the molecule is CN(c1cccs1)c1ccccc1C(=O)O. The Bertz CT molecular complexity index is 493. The molecule has 1 N–H and O–H groups in total. The van der Waals surface area contributed by atoms with Crippen LogP contribution in [0.25, 0.3) is 0 Å². The molecule has 1 heterocycles. The van der Waals surface area contributed by atoms with E-state index in [-0.39, 0.29) is 0 Å². The van der Waals surface area contributed by atoms with Crippen LogP contribution in [0.4, 0.5) is 10.7 Å². The fourth-order valence-electron chi connectivity index (χ4n) is 1.53. The first-order valence-electron chi connectivity index (χ1n) is 4.79. The van der Waals surface area contributed by atoms with Gasteiger partial charge in [0.25, 0.3) is 0 Å². The lowest BCUT2D eigenvalue weighted by Crippen LogP contribution is -2.12. The fourth-order valence-corrected chi connectivity index (χ4v) is 2.24. The van der Waals surface area contributed by atoms with Gasteiger partial charge < -0.3 is 10.0 Å². The van der Waals surface area contributed by atoms with Crippen LogP contribution in [-0.4, -0.2) is 18.1 Å². The minimum Gasteiger partial charge on any atom is -0.478 e. The van der Waals surface area contributed by atoms with Crippen molar-refractivity contribution in [2.45, 2.75) is 0 Å². The van der Waals surface area contributed by atoms with Crippen LogP contribution < -0.4 is 4.90 Å². The Morgan fingerprint density at radius 2 is 2.00 bits per heavy atom. The van der Waals surface area contributed by atoms with Gasteiger partial charge in [-0.25, -0.2) is 4.79 Å². The summed E-state index contributed by atoms with van der Waals surface area (Å²) in [6.07, 6.45) is 0. The summed E-state index contributed by atoms with van der Waals surface area (Å²) in [6, 6.07) is 10.9. The minimum atomic E-state index is -0.904. The number of hydrogen-bond acceptors (Lipinski definition) is 3. The van der Waals surface area contributed by atoms with Gasteiger partial charge in [0.1, 0.15) is 0 Å².